The van der Waals surface area contributed by atoms with E-state index in [-0.39, 0.29) is 5.91 Å². The zero-order valence-electron chi connectivity index (χ0n) is 11.1. The van der Waals surface area contributed by atoms with Crippen molar-refractivity contribution < 1.29 is 9.21 Å². The van der Waals surface area contributed by atoms with E-state index in [1.807, 2.05) is 19.9 Å². The van der Waals surface area contributed by atoms with Gasteiger partial charge >= 0.3 is 0 Å². The van der Waals surface area contributed by atoms with E-state index in [0.29, 0.717) is 25.3 Å². The maximum absolute atomic E-state index is 12.3. The standard InChI is InChI=1S/C13H19N3O2/c1-13(2,15-3)12(17)16(8-5-7-14)10-11-6-4-9-18-11/h4,6,9,15H,5,8,10H2,1-3H3. The van der Waals surface area contributed by atoms with Crippen LogP contribution in [0.1, 0.15) is 26.0 Å². The number of furan rings is 1. The number of carbonyl (C=O) groups excluding carboxylic acids is 1. The molecule has 1 aromatic heterocycles. The van der Waals surface area contributed by atoms with Crippen LogP contribution in [0.15, 0.2) is 22.8 Å². The molecule has 0 aliphatic heterocycles. The van der Waals surface area contributed by atoms with Crippen molar-refractivity contribution in [3.63, 3.8) is 0 Å². The first kappa shape index (κ1) is 14.3. The highest BCUT2D eigenvalue weighted by atomic mass is 16.3. The normalized spacial score (nSPS) is 11.0. The molecule has 1 aromatic rings. The van der Waals surface area contributed by atoms with Gasteiger partial charge in [0.2, 0.25) is 5.91 Å². The molecule has 0 saturated carbocycles. The van der Waals surface area contributed by atoms with Gasteiger partial charge < -0.3 is 14.6 Å². The van der Waals surface area contributed by atoms with Crippen LogP contribution in [0.5, 0.6) is 0 Å². The minimum atomic E-state index is -0.651. The molecular formula is C13H19N3O2. The van der Waals surface area contributed by atoms with Crippen LogP contribution in [0.25, 0.3) is 0 Å². The molecule has 0 aromatic carbocycles. The van der Waals surface area contributed by atoms with E-state index in [1.54, 1.807) is 24.3 Å². The van der Waals surface area contributed by atoms with Crippen molar-refractivity contribution in [2.24, 2.45) is 0 Å². The maximum atomic E-state index is 12.3. The van der Waals surface area contributed by atoms with Crippen LogP contribution in [-0.2, 0) is 11.3 Å². The van der Waals surface area contributed by atoms with Crippen LogP contribution in [0, 0.1) is 11.3 Å². The number of amides is 1. The Labute approximate surface area is 107 Å². The Bertz CT molecular complexity index is 418. The Morgan fingerprint density at radius 1 is 1.61 bits per heavy atom. The highest BCUT2D eigenvalue weighted by Crippen LogP contribution is 2.12. The summed E-state index contributed by atoms with van der Waals surface area (Å²) in [6, 6.07) is 5.66. The quantitative estimate of drug-likeness (QED) is 0.830. The topological polar surface area (TPSA) is 69.3 Å². The van der Waals surface area contributed by atoms with E-state index in [0.717, 1.165) is 0 Å². The zero-order valence-corrected chi connectivity index (χ0v) is 11.1. The summed E-state index contributed by atoms with van der Waals surface area (Å²) < 4.78 is 5.24. The highest BCUT2D eigenvalue weighted by molar-refractivity contribution is 5.85. The van der Waals surface area contributed by atoms with Gasteiger partial charge in [-0.2, -0.15) is 5.26 Å². The summed E-state index contributed by atoms with van der Waals surface area (Å²) in [5.41, 5.74) is -0.651. The van der Waals surface area contributed by atoms with Crippen LogP contribution in [0.4, 0.5) is 0 Å². The second-order valence-electron chi connectivity index (χ2n) is 4.59. The van der Waals surface area contributed by atoms with Crippen molar-refractivity contribution in [3.05, 3.63) is 24.2 Å². The van der Waals surface area contributed by atoms with E-state index >= 15 is 0 Å². The fourth-order valence-corrected chi connectivity index (χ4v) is 1.53. The van der Waals surface area contributed by atoms with Crippen LogP contribution in [0.2, 0.25) is 0 Å². The number of carbonyl (C=O) groups is 1. The van der Waals surface area contributed by atoms with Crippen molar-refractivity contribution >= 4 is 5.91 Å². The van der Waals surface area contributed by atoms with E-state index in [2.05, 4.69) is 11.4 Å². The second-order valence-corrected chi connectivity index (χ2v) is 4.59. The summed E-state index contributed by atoms with van der Waals surface area (Å²) in [4.78, 5) is 14.0. The van der Waals surface area contributed by atoms with Crippen LogP contribution < -0.4 is 5.32 Å². The van der Waals surface area contributed by atoms with E-state index < -0.39 is 5.54 Å². The molecule has 0 saturated heterocycles. The molecule has 0 aliphatic carbocycles. The van der Waals surface area contributed by atoms with Crippen LogP contribution in [0.3, 0.4) is 0 Å². The molecule has 1 heterocycles. The highest BCUT2D eigenvalue weighted by Gasteiger charge is 2.30. The molecule has 5 heteroatoms. The summed E-state index contributed by atoms with van der Waals surface area (Å²) in [6.45, 7) is 4.42. The number of hydrogen-bond acceptors (Lipinski definition) is 4. The average molecular weight is 249 g/mol. The third-order valence-electron chi connectivity index (χ3n) is 2.87. The molecule has 1 N–H and O–H groups in total. The fourth-order valence-electron chi connectivity index (χ4n) is 1.53. The number of nitrogens with one attached hydrogen (secondary N) is 1. The predicted molar refractivity (Wildman–Crippen MR) is 67.5 cm³/mol. The smallest absolute Gasteiger partial charge is 0.242 e. The largest absolute Gasteiger partial charge is 0.467 e. The predicted octanol–water partition coefficient (Wildman–Crippen LogP) is 1.52. The van der Waals surface area contributed by atoms with E-state index in [4.69, 9.17) is 9.68 Å². The first-order valence-corrected chi connectivity index (χ1v) is 5.89. The molecule has 1 rings (SSSR count). The zero-order chi connectivity index (χ0) is 13.6. The average Bonchev–Trinajstić information content (AvgIpc) is 2.86. The van der Waals surface area contributed by atoms with Gasteiger partial charge in [-0.25, -0.2) is 0 Å². The molecule has 98 valence electrons. The summed E-state index contributed by atoms with van der Waals surface area (Å²) >= 11 is 0. The first-order valence-electron chi connectivity index (χ1n) is 5.89. The van der Waals surface area contributed by atoms with Crippen molar-refractivity contribution in [3.8, 4) is 6.07 Å². The lowest BCUT2D eigenvalue weighted by molar-refractivity contribution is -0.137. The third kappa shape index (κ3) is 3.60. The molecule has 0 fully saturated rings. The maximum Gasteiger partial charge on any atom is 0.242 e. The third-order valence-corrected chi connectivity index (χ3v) is 2.87. The lowest BCUT2D eigenvalue weighted by Crippen LogP contribution is -2.52. The molecule has 1 amide bonds. The molecule has 0 aliphatic rings. The van der Waals surface area contributed by atoms with Crippen molar-refractivity contribution in [2.45, 2.75) is 32.4 Å². The molecule has 0 unspecified atom stereocenters. The first-order chi connectivity index (χ1) is 8.51. The number of rotatable bonds is 6. The van der Waals surface area contributed by atoms with Gasteiger partial charge in [0, 0.05) is 6.54 Å². The van der Waals surface area contributed by atoms with Gasteiger partial charge in [0.1, 0.15) is 5.76 Å². The molecule has 5 nitrogen and oxygen atoms in total. The Morgan fingerprint density at radius 3 is 2.83 bits per heavy atom. The minimum absolute atomic E-state index is 0.0448. The van der Waals surface area contributed by atoms with Gasteiger partial charge in [-0.05, 0) is 33.0 Å². The monoisotopic (exact) mass is 249 g/mol. The van der Waals surface area contributed by atoms with Gasteiger partial charge in [-0.3, -0.25) is 4.79 Å². The molecule has 0 bridgehead atoms. The molecule has 0 radical (unpaired) electrons. The second kappa shape index (κ2) is 6.22. The summed E-state index contributed by atoms with van der Waals surface area (Å²) in [6.07, 6.45) is 1.89. The molecular weight excluding hydrogens is 230 g/mol. The van der Waals surface area contributed by atoms with E-state index in [9.17, 15) is 4.79 Å². The SMILES string of the molecule is CNC(C)(C)C(=O)N(CCC#N)Cc1ccco1. The summed E-state index contributed by atoms with van der Waals surface area (Å²) in [7, 11) is 1.74. The number of likely N-dealkylation sites (N-methyl/N-ethyl adjacent to an activating group) is 1. The van der Waals surface area contributed by atoms with Crippen molar-refractivity contribution in [1.29, 1.82) is 5.26 Å². The number of hydrogen-bond donors (Lipinski definition) is 1. The van der Waals surface area contributed by atoms with Crippen molar-refractivity contribution in [2.75, 3.05) is 13.6 Å². The lowest BCUT2D eigenvalue weighted by atomic mass is 10.0. The fraction of sp³-hybridized carbons (Fsp3) is 0.538. The van der Waals surface area contributed by atoms with Gasteiger partial charge in [-0.15, -0.1) is 0 Å². The Kier molecular flexibility index (Phi) is 4.93. The van der Waals surface area contributed by atoms with Gasteiger partial charge in [-0.1, -0.05) is 0 Å². The summed E-state index contributed by atoms with van der Waals surface area (Å²) in [5, 5.41) is 11.6. The molecule has 0 spiro atoms. The Balaban J connectivity index is 2.78. The minimum Gasteiger partial charge on any atom is -0.467 e. The van der Waals surface area contributed by atoms with Crippen LogP contribution >= 0.6 is 0 Å². The Morgan fingerprint density at radius 2 is 2.33 bits per heavy atom. The van der Waals surface area contributed by atoms with Crippen molar-refractivity contribution in [1.82, 2.24) is 10.2 Å². The molecule has 0 atom stereocenters. The number of nitriles is 1. The van der Waals surface area contributed by atoms with Gasteiger partial charge in [0.15, 0.2) is 0 Å². The number of nitrogens with zero attached hydrogens (tertiary/aromatic N) is 2. The Hall–Kier alpha value is -1.80. The molecule has 18 heavy (non-hydrogen) atoms. The van der Waals surface area contributed by atoms with Crippen LogP contribution in [-0.4, -0.2) is 29.9 Å². The lowest BCUT2D eigenvalue weighted by Gasteiger charge is -2.30. The summed E-state index contributed by atoms with van der Waals surface area (Å²) in [5.74, 6) is 0.671. The van der Waals surface area contributed by atoms with E-state index in [1.165, 1.54) is 0 Å². The van der Waals surface area contributed by atoms with Gasteiger partial charge in [0.25, 0.3) is 0 Å². The van der Waals surface area contributed by atoms with Gasteiger partial charge in [0.05, 0.1) is 30.8 Å².